The van der Waals surface area contributed by atoms with Crippen LogP contribution in [0.2, 0.25) is 0 Å². The molecular weight excluding hydrogens is 268 g/mol. The molecular formula is C15H20N4O2. The predicted octanol–water partition coefficient (Wildman–Crippen LogP) is 1.91. The zero-order valence-electron chi connectivity index (χ0n) is 12.5. The number of imidazole rings is 1. The highest BCUT2D eigenvalue weighted by Crippen LogP contribution is 2.12. The van der Waals surface area contributed by atoms with E-state index in [-0.39, 0.29) is 5.91 Å². The van der Waals surface area contributed by atoms with Gasteiger partial charge in [0.1, 0.15) is 0 Å². The molecule has 0 saturated heterocycles. The lowest BCUT2D eigenvalue weighted by atomic mass is 9.96. The summed E-state index contributed by atoms with van der Waals surface area (Å²) in [6, 6.07) is 7.32. The van der Waals surface area contributed by atoms with Gasteiger partial charge in [-0.3, -0.25) is 10.1 Å². The smallest absolute Gasteiger partial charge is 0.321 e. The fraction of sp³-hybridized carbons (Fsp3) is 0.400. The lowest BCUT2D eigenvalue weighted by Crippen LogP contribution is -2.45. The van der Waals surface area contributed by atoms with Crippen molar-refractivity contribution in [1.82, 2.24) is 20.2 Å². The van der Waals surface area contributed by atoms with Crippen LogP contribution in [0.3, 0.4) is 0 Å². The summed E-state index contributed by atoms with van der Waals surface area (Å²) in [7, 11) is 0. The van der Waals surface area contributed by atoms with Crippen LogP contribution in [0.1, 0.15) is 20.8 Å². The average Bonchev–Trinajstić information content (AvgIpc) is 2.81. The number of carbonyl (C=O) groups excluding carboxylic acids is 2. The maximum atomic E-state index is 11.7. The Balaban J connectivity index is 1.84. The van der Waals surface area contributed by atoms with E-state index >= 15 is 0 Å². The van der Waals surface area contributed by atoms with Gasteiger partial charge >= 0.3 is 6.03 Å². The van der Waals surface area contributed by atoms with Crippen LogP contribution in [0.5, 0.6) is 0 Å². The maximum Gasteiger partial charge on any atom is 0.321 e. The number of imide groups is 1. The van der Waals surface area contributed by atoms with Gasteiger partial charge in [0, 0.05) is 18.5 Å². The van der Waals surface area contributed by atoms with E-state index in [4.69, 9.17) is 0 Å². The quantitative estimate of drug-likeness (QED) is 0.905. The minimum absolute atomic E-state index is 0.298. The minimum Gasteiger partial charge on any atom is -0.336 e. The second-order valence-corrected chi connectivity index (χ2v) is 5.89. The van der Waals surface area contributed by atoms with Crippen molar-refractivity contribution in [2.75, 3.05) is 6.54 Å². The predicted molar refractivity (Wildman–Crippen MR) is 80.7 cm³/mol. The minimum atomic E-state index is -0.585. The van der Waals surface area contributed by atoms with Crippen LogP contribution in [0, 0.1) is 5.41 Å². The summed E-state index contributed by atoms with van der Waals surface area (Å²) in [4.78, 5) is 27.6. The number of amides is 3. The lowest BCUT2D eigenvalue weighted by Gasteiger charge is -2.17. The number of nitrogens with zero attached hydrogens (tertiary/aromatic N) is 2. The van der Waals surface area contributed by atoms with E-state index in [2.05, 4.69) is 15.6 Å². The molecule has 0 atom stereocenters. The normalized spacial score (nSPS) is 11.4. The molecule has 6 nitrogen and oxygen atoms in total. The Bertz CT molecular complexity index is 655. The summed E-state index contributed by atoms with van der Waals surface area (Å²) in [5.41, 5.74) is 1.35. The summed E-state index contributed by atoms with van der Waals surface area (Å²) in [6.45, 7) is 6.29. The summed E-state index contributed by atoms with van der Waals surface area (Å²) in [5.74, 6) is -0.298. The first-order valence-corrected chi connectivity index (χ1v) is 6.87. The van der Waals surface area contributed by atoms with Crippen LogP contribution >= 0.6 is 0 Å². The summed E-state index contributed by atoms with van der Waals surface area (Å²) in [6.07, 6.45) is 1.74. The molecule has 0 fully saturated rings. The van der Waals surface area contributed by atoms with E-state index in [9.17, 15) is 9.59 Å². The molecule has 0 aliphatic heterocycles. The number of hydrogen-bond donors (Lipinski definition) is 2. The molecule has 1 aromatic heterocycles. The van der Waals surface area contributed by atoms with E-state index in [1.54, 1.807) is 27.1 Å². The molecule has 0 spiro atoms. The summed E-state index contributed by atoms with van der Waals surface area (Å²) < 4.78 is 1.96. The molecule has 0 aliphatic carbocycles. The Morgan fingerprint density at radius 2 is 1.95 bits per heavy atom. The second-order valence-electron chi connectivity index (χ2n) is 5.89. The van der Waals surface area contributed by atoms with E-state index in [0.29, 0.717) is 13.1 Å². The molecule has 0 aliphatic rings. The molecule has 2 N–H and O–H groups in total. The third kappa shape index (κ3) is 3.81. The summed E-state index contributed by atoms with van der Waals surface area (Å²) in [5, 5.41) is 4.99. The molecule has 21 heavy (non-hydrogen) atoms. The number of fused-ring (bicyclic) bond motifs is 1. The van der Waals surface area contributed by atoms with Gasteiger partial charge in [-0.2, -0.15) is 0 Å². The van der Waals surface area contributed by atoms with Gasteiger partial charge in [-0.25, -0.2) is 9.78 Å². The number of hydrogen-bond acceptors (Lipinski definition) is 3. The van der Waals surface area contributed by atoms with Crippen molar-refractivity contribution in [1.29, 1.82) is 0 Å². The first-order valence-electron chi connectivity index (χ1n) is 6.87. The van der Waals surface area contributed by atoms with Gasteiger partial charge in [0.25, 0.3) is 0 Å². The van der Waals surface area contributed by atoms with Crippen LogP contribution in [-0.2, 0) is 11.3 Å². The first-order chi connectivity index (χ1) is 9.88. The van der Waals surface area contributed by atoms with Crippen molar-refractivity contribution < 1.29 is 9.59 Å². The van der Waals surface area contributed by atoms with Crippen molar-refractivity contribution in [2.45, 2.75) is 27.3 Å². The Morgan fingerprint density at radius 3 is 2.67 bits per heavy atom. The van der Waals surface area contributed by atoms with E-state index < -0.39 is 11.4 Å². The average molecular weight is 288 g/mol. The van der Waals surface area contributed by atoms with Crippen LogP contribution in [0.15, 0.2) is 30.6 Å². The summed E-state index contributed by atoms with van der Waals surface area (Å²) >= 11 is 0. The lowest BCUT2D eigenvalue weighted by molar-refractivity contribution is -0.127. The molecule has 1 aromatic carbocycles. The second kappa shape index (κ2) is 5.95. The number of aromatic nitrogens is 2. The Kier molecular flexibility index (Phi) is 4.26. The number of urea groups is 1. The Morgan fingerprint density at radius 1 is 1.24 bits per heavy atom. The van der Waals surface area contributed by atoms with Crippen LogP contribution in [-0.4, -0.2) is 28.0 Å². The van der Waals surface area contributed by atoms with Gasteiger partial charge in [-0.1, -0.05) is 32.9 Å². The first kappa shape index (κ1) is 15.0. The third-order valence-corrected chi connectivity index (χ3v) is 3.07. The number of benzene rings is 1. The Hall–Kier alpha value is -2.37. The number of para-hydroxylation sites is 2. The molecule has 3 amide bonds. The highest BCUT2D eigenvalue weighted by Gasteiger charge is 2.22. The van der Waals surface area contributed by atoms with Crippen molar-refractivity contribution in [3.63, 3.8) is 0 Å². The van der Waals surface area contributed by atoms with Gasteiger partial charge in [0.15, 0.2) is 0 Å². The molecule has 0 saturated carbocycles. The van der Waals surface area contributed by atoms with Gasteiger partial charge in [0.2, 0.25) is 5.91 Å². The SMILES string of the molecule is CC(C)(C)C(=O)NC(=O)NCCn1cnc2ccccc21. The van der Waals surface area contributed by atoms with Gasteiger partial charge < -0.3 is 9.88 Å². The Labute approximate surface area is 123 Å². The van der Waals surface area contributed by atoms with E-state index in [0.717, 1.165) is 11.0 Å². The van der Waals surface area contributed by atoms with Crippen LogP contribution in [0.4, 0.5) is 4.79 Å². The molecule has 0 unspecified atom stereocenters. The zero-order chi connectivity index (χ0) is 15.5. The van der Waals surface area contributed by atoms with E-state index in [1.807, 2.05) is 28.8 Å². The fourth-order valence-electron chi connectivity index (χ4n) is 1.81. The molecule has 0 radical (unpaired) electrons. The monoisotopic (exact) mass is 288 g/mol. The van der Waals surface area contributed by atoms with Crippen molar-refractivity contribution in [3.8, 4) is 0 Å². The standard InChI is InChI=1S/C15H20N4O2/c1-15(2,3)13(20)18-14(21)16-8-9-19-10-17-11-6-4-5-7-12(11)19/h4-7,10H,8-9H2,1-3H3,(H2,16,18,20,21). The van der Waals surface area contributed by atoms with Gasteiger partial charge in [-0.05, 0) is 12.1 Å². The molecule has 1 heterocycles. The van der Waals surface area contributed by atoms with Crippen LogP contribution in [0.25, 0.3) is 11.0 Å². The molecule has 0 bridgehead atoms. The highest BCUT2D eigenvalue weighted by atomic mass is 16.2. The van der Waals surface area contributed by atoms with Crippen molar-refractivity contribution >= 4 is 23.0 Å². The third-order valence-electron chi connectivity index (χ3n) is 3.07. The van der Waals surface area contributed by atoms with Crippen LogP contribution < -0.4 is 10.6 Å². The maximum absolute atomic E-state index is 11.7. The van der Waals surface area contributed by atoms with Crippen molar-refractivity contribution in [3.05, 3.63) is 30.6 Å². The van der Waals surface area contributed by atoms with E-state index in [1.165, 1.54) is 0 Å². The number of carbonyl (C=O) groups is 2. The molecule has 2 aromatic rings. The molecule has 112 valence electrons. The molecule has 2 rings (SSSR count). The highest BCUT2D eigenvalue weighted by molar-refractivity contribution is 5.96. The zero-order valence-corrected chi connectivity index (χ0v) is 12.5. The van der Waals surface area contributed by atoms with Gasteiger partial charge in [0.05, 0.1) is 17.4 Å². The topological polar surface area (TPSA) is 76.0 Å². The molecule has 6 heteroatoms. The fourth-order valence-corrected chi connectivity index (χ4v) is 1.81. The largest absolute Gasteiger partial charge is 0.336 e. The van der Waals surface area contributed by atoms with Gasteiger partial charge in [-0.15, -0.1) is 0 Å². The van der Waals surface area contributed by atoms with Crippen molar-refractivity contribution in [2.24, 2.45) is 5.41 Å². The number of rotatable bonds is 3. The number of nitrogens with one attached hydrogen (secondary N) is 2.